The molecule has 0 N–H and O–H groups in total. The van der Waals surface area contributed by atoms with Gasteiger partial charge >= 0.3 is 0 Å². The molecule has 3 heteroatoms. The second-order valence-corrected chi connectivity index (χ2v) is 5.74. The van der Waals surface area contributed by atoms with Gasteiger partial charge in [0, 0.05) is 22.3 Å². The van der Waals surface area contributed by atoms with Gasteiger partial charge in [-0.1, -0.05) is 40.2 Å². The standard InChI is InChI=1S/C9H8BrN.C9H7N/c10-8-3-4-9-7(6-8)2-1-5-11-9;1-2-6-9-8(4-1)5-3-7-10-9/h3-6H,1-2H2;1-7H. The molecule has 104 valence electrons. The molecule has 1 aliphatic heterocycles. The molecule has 0 saturated heterocycles. The predicted molar refractivity (Wildman–Crippen MR) is 92.4 cm³/mol. The van der Waals surface area contributed by atoms with E-state index in [1.165, 1.54) is 10.9 Å². The number of fused-ring (bicyclic) bond motifs is 2. The third-order valence-electron chi connectivity index (χ3n) is 3.33. The predicted octanol–water partition coefficient (Wildman–Crippen LogP) is 5.33. The molecule has 2 nitrogen and oxygen atoms in total. The van der Waals surface area contributed by atoms with Crippen molar-refractivity contribution in [3.8, 4) is 0 Å². The minimum atomic E-state index is 1.06. The van der Waals surface area contributed by atoms with Gasteiger partial charge in [0.2, 0.25) is 0 Å². The lowest BCUT2D eigenvalue weighted by Crippen LogP contribution is -1.92. The fourth-order valence-corrected chi connectivity index (χ4v) is 2.69. The third kappa shape index (κ3) is 3.56. The largest absolute Gasteiger partial charge is 0.261 e. The highest BCUT2D eigenvalue weighted by Crippen LogP contribution is 2.26. The fourth-order valence-electron chi connectivity index (χ4n) is 2.28. The second-order valence-electron chi connectivity index (χ2n) is 4.82. The lowest BCUT2D eigenvalue weighted by Gasteiger charge is -2.08. The zero-order valence-electron chi connectivity index (χ0n) is 11.5. The SMILES string of the molecule is Brc1ccc2c(c1)CCC=N2.c1ccc2ncccc2c1. The maximum Gasteiger partial charge on any atom is 0.0701 e. The summed E-state index contributed by atoms with van der Waals surface area (Å²) in [6.45, 7) is 0. The molecule has 0 spiro atoms. The van der Waals surface area contributed by atoms with Crippen LogP contribution in [-0.2, 0) is 6.42 Å². The molecule has 3 aromatic rings. The maximum atomic E-state index is 4.29. The zero-order valence-corrected chi connectivity index (χ0v) is 13.1. The quantitative estimate of drug-likeness (QED) is 0.543. The van der Waals surface area contributed by atoms with E-state index in [1.807, 2.05) is 42.7 Å². The van der Waals surface area contributed by atoms with Crippen molar-refractivity contribution in [2.24, 2.45) is 4.99 Å². The van der Waals surface area contributed by atoms with Crippen LogP contribution in [0.2, 0.25) is 0 Å². The van der Waals surface area contributed by atoms with Crippen LogP contribution in [0.5, 0.6) is 0 Å². The molecule has 21 heavy (non-hydrogen) atoms. The van der Waals surface area contributed by atoms with Crippen molar-refractivity contribution in [1.82, 2.24) is 4.98 Å². The molecule has 0 amide bonds. The molecule has 0 aliphatic carbocycles. The van der Waals surface area contributed by atoms with Gasteiger partial charge in [0.1, 0.15) is 0 Å². The monoisotopic (exact) mass is 338 g/mol. The Bertz CT molecular complexity index is 716. The van der Waals surface area contributed by atoms with E-state index in [4.69, 9.17) is 0 Å². The Balaban J connectivity index is 0.000000126. The lowest BCUT2D eigenvalue weighted by atomic mass is 10.1. The zero-order chi connectivity index (χ0) is 14.5. The van der Waals surface area contributed by atoms with E-state index in [2.05, 4.69) is 50.2 Å². The van der Waals surface area contributed by atoms with Crippen LogP contribution in [0.3, 0.4) is 0 Å². The summed E-state index contributed by atoms with van der Waals surface area (Å²) in [6.07, 6.45) is 5.99. The van der Waals surface area contributed by atoms with Crippen LogP contribution in [0, 0.1) is 0 Å². The third-order valence-corrected chi connectivity index (χ3v) is 3.82. The maximum absolute atomic E-state index is 4.29. The minimum Gasteiger partial charge on any atom is -0.261 e. The summed E-state index contributed by atoms with van der Waals surface area (Å²) in [7, 11) is 0. The van der Waals surface area contributed by atoms with Gasteiger partial charge in [0.25, 0.3) is 0 Å². The Morgan fingerprint density at radius 2 is 1.81 bits per heavy atom. The van der Waals surface area contributed by atoms with Crippen molar-refractivity contribution in [3.63, 3.8) is 0 Å². The van der Waals surface area contributed by atoms with Gasteiger partial charge in [-0.2, -0.15) is 0 Å². The van der Waals surface area contributed by atoms with Gasteiger partial charge in [-0.05, 0) is 48.7 Å². The first kappa shape index (κ1) is 14.0. The van der Waals surface area contributed by atoms with Gasteiger partial charge in [0.15, 0.2) is 0 Å². The molecule has 0 saturated carbocycles. The number of aryl methyl sites for hydroxylation is 1. The molecular weight excluding hydrogens is 324 g/mol. The number of aromatic nitrogens is 1. The highest BCUT2D eigenvalue weighted by molar-refractivity contribution is 9.10. The van der Waals surface area contributed by atoms with E-state index in [0.717, 1.165) is 28.5 Å². The van der Waals surface area contributed by atoms with E-state index < -0.39 is 0 Å². The molecule has 0 bridgehead atoms. The Labute approximate surface area is 132 Å². The van der Waals surface area contributed by atoms with Crippen LogP contribution >= 0.6 is 15.9 Å². The molecule has 0 radical (unpaired) electrons. The molecule has 1 aromatic heterocycles. The summed E-state index contributed by atoms with van der Waals surface area (Å²) in [5.41, 5.74) is 3.53. The van der Waals surface area contributed by atoms with Crippen molar-refractivity contribution >= 4 is 38.7 Å². The fraction of sp³-hybridized carbons (Fsp3) is 0.111. The van der Waals surface area contributed by atoms with Gasteiger partial charge in [-0.15, -0.1) is 0 Å². The van der Waals surface area contributed by atoms with Gasteiger partial charge < -0.3 is 0 Å². The van der Waals surface area contributed by atoms with Crippen LogP contribution in [0.15, 0.2) is 70.3 Å². The topological polar surface area (TPSA) is 25.2 Å². The van der Waals surface area contributed by atoms with Crippen LogP contribution in [-0.4, -0.2) is 11.2 Å². The minimum absolute atomic E-state index is 1.06. The Hall–Kier alpha value is -2.00. The number of aliphatic imine (C=N–C) groups is 1. The van der Waals surface area contributed by atoms with E-state index in [9.17, 15) is 0 Å². The van der Waals surface area contributed by atoms with E-state index in [-0.39, 0.29) is 0 Å². The van der Waals surface area contributed by atoms with Crippen molar-refractivity contribution in [3.05, 3.63) is 70.8 Å². The van der Waals surface area contributed by atoms with E-state index in [1.54, 1.807) is 0 Å². The number of rotatable bonds is 0. The number of nitrogens with zero attached hydrogens (tertiary/aromatic N) is 2. The normalized spacial score (nSPS) is 12.4. The Morgan fingerprint density at radius 3 is 2.71 bits per heavy atom. The summed E-state index contributed by atoms with van der Waals surface area (Å²) in [5, 5.41) is 1.20. The smallest absolute Gasteiger partial charge is 0.0701 e. The number of hydrogen-bond acceptors (Lipinski definition) is 2. The van der Waals surface area contributed by atoms with Crippen molar-refractivity contribution in [1.29, 1.82) is 0 Å². The molecule has 0 fully saturated rings. The molecule has 2 aromatic carbocycles. The van der Waals surface area contributed by atoms with Crippen molar-refractivity contribution in [2.45, 2.75) is 12.8 Å². The second kappa shape index (κ2) is 6.64. The first-order valence-corrected chi connectivity index (χ1v) is 7.73. The summed E-state index contributed by atoms with van der Waals surface area (Å²) < 4.78 is 1.15. The molecule has 2 heterocycles. The molecule has 4 rings (SSSR count). The highest BCUT2D eigenvalue weighted by Gasteiger charge is 2.04. The Morgan fingerprint density at radius 1 is 0.952 bits per heavy atom. The molecule has 0 unspecified atom stereocenters. The summed E-state index contributed by atoms with van der Waals surface area (Å²) in [6, 6.07) is 18.3. The van der Waals surface area contributed by atoms with Gasteiger partial charge in [-0.3, -0.25) is 9.98 Å². The number of para-hydroxylation sites is 1. The average molecular weight is 339 g/mol. The van der Waals surface area contributed by atoms with E-state index in [0.29, 0.717) is 0 Å². The van der Waals surface area contributed by atoms with Crippen molar-refractivity contribution in [2.75, 3.05) is 0 Å². The van der Waals surface area contributed by atoms with Crippen LogP contribution in [0.4, 0.5) is 5.69 Å². The van der Waals surface area contributed by atoms with Gasteiger partial charge in [-0.25, -0.2) is 0 Å². The van der Waals surface area contributed by atoms with Crippen LogP contribution in [0.1, 0.15) is 12.0 Å². The Kier molecular flexibility index (Phi) is 4.41. The molecule has 0 atom stereocenters. The summed E-state index contributed by atoms with van der Waals surface area (Å²) >= 11 is 3.44. The van der Waals surface area contributed by atoms with Crippen molar-refractivity contribution < 1.29 is 0 Å². The number of hydrogen-bond donors (Lipinski definition) is 0. The highest BCUT2D eigenvalue weighted by atomic mass is 79.9. The molecule has 1 aliphatic rings. The van der Waals surface area contributed by atoms with Crippen LogP contribution < -0.4 is 0 Å². The number of pyridine rings is 1. The first-order valence-electron chi connectivity index (χ1n) is 6.94. The van der Waals surface area contributed by atoms with E-state index >= 15 is 0 Å². The first-order chi connectivity index (χ1) is 10.3. The van der Waals surface area contributed by atoms with Crippen LogP contribution in [0.25, 0.3) is 10.9 Å². The number of halogens is 1. The molecular formula is C18H15BrN2. The van der Waals surface area contributed by atoms with Gasteiger partial charge in [0.05, 0.1) is 11.2 Å². The number of benzene rings is 2. The summed E-state index contributed by atoms with van der Waals surface area (Å²) in [4.78, 5) is 8.47. The average Bonchev–Trinajstić information content (AvgIpc) is 2.55. The summed E-state index contributed by atoms with van der Waals surface area (Å²) in [5.74, 6) is 0. The lowest BCUT2D eigenvalue weighted by molar-refractivity contribution is 1.03.